The number of esters is 2. The van der Waals surface area contributed by atoms with E-state index in [0.29, 0.717) is 17.7 Å². The average Bonchev–Trinajstić information content (AvgIpc) is 3.41. The number of carboxylic acids is 2. The number of imidazole rings is 1. The molecular weight excluding hydrogens is 681 g/mol. The Hall–Kier alpha value is -3.82. The molecule has 8 N–H and O–H groups in total. The van der Waals surface area contributed by atoms with Gasteiger partial charge in [0.05, 0.1) is 29.8 Å². The van der Waals surface area contributed by atoms with Crippen molar-refractivity contribution in [2.75, 3.05) is 25.7 Å². The number of aliphatic hydroxyl groups excluding tert-OH is 4. The fourth-order valence-corrected chi connectivity index (χ4v) is 4.20. The molecule has 278 valence electrons. The molecule has 0 saturated carbocycles. The van der Waals surface area contributed by atoms with Crippen molar-refractivity contribution in [2.24, 2.45) is 10.8 Å². The van der Waals surface area contributed by atoms with Gasteiger partial charge in [0.15, 0.2) is 23.7 Å². The Morgan fingerprint density at radius 2 is 1.29 bits per heavy atom. The van der Waals surface area contributed by atoms with Gasteiger partial charge in [-0.2, -0.15) is 0 Å². The second-order valence-corrected chi connectivity index (χ2v) is 14.4. The molecule has 2 aromatic heterocycles. The lowest BCUT2D eigenvalue weighted by Crippen LogP contribution is -2.49. The zero-order valence-electron chi connectivity index (χ0n) is 27.9. The van der Waals surface area contributed by atoms with Crippen LogP contribution in [0.15, 0.2) is 12.7 Å². The predicted octanol–water partition coefficient (Wildman–Crippen LogP) is -0.310. The van der Waals surface area contributed by atoms with Crippen LogP contribution in [0.3, 0.4) is 0 Å². The molecule has 0 aliphatic carbocycles. The lowest BCUT2D eigenvalue weighted by Gasteiger charge is -2.23. The van der Waals surface area contributed by atoms with Crippen LogP contribution in [0.5, 0.6) is 0 Å². The predicted molar refractivity (Wildman–Crippen MR) is 165 cm³/mol. The van der Waals surface area contributed by atoms with Crippen molar-refractivity contribution in [1.29, 1.82) is 0 Å². The molecule has 0 bridgehead atoms. The summed E-state index contributed by atoms with van der Waals surface area (Å²) in [4.78, 5) is 56.4. The van der Waals surface area contributed by atoms with E-state index in [4.69, 9.17) is 59.6 Å². The Labute approximate surface area is 280 Å². The van der Waals surface area contributed by atoms with Gasteiger partial charge in [-0.05, 0) is 48.5 Å². The number of aliphatic hydroxyl groups is 4. The Balaban J connectivity index is 0.000000721. The zero-order chi connectivity index (χ0) is 37.9. The molecule has 2 rings (SSSR count). The molecule has 0 saturated heterocycles. The first-order valence-corrected chi connectivity index (χ1v) is 16.1. The number of nitrogens with zero attached hydrogens (tertiary/aromatic N) is 4. The third kappa shape index (κ3) is 13.9. The van der Waals surface area contributed by atoms with Crippen LogP contribution < -0.4 is 5.73 Å². The smallest absolute Gasteiger partial charge is 0.361 e. The van der Waals surface area contributed by atoms with Gasteiger partial charge >= 0.3 is 31.5 Å². The maximum absolute atomic E-state index is 13.2. The molecule has 2 heterocycles. The Morgan fingerprint density at radius 3 is 1.69 bits per heavy atom. The second-order valence-electron chi connectivity index (χ2n) is 12.5. The van der Waals surface area contributed by atoms with Crippen molar-refractivity contribution in [3.05, 3.63) is 12.7 Å². The van der Waals surface area contributed by atoms with E-state index in [9.17, 15) is 23.7 Å². The number of aliphatic carboxylic acids is 2. The Morgan fingerprint density at radius 1 is 0.837 bits per heavy atom. The molecule has 0 aliphatic heterocycles. The topological polar surface area (TPSA) is 322 Å². The highest BCUT2D eigenvalue weighted by Gasteiger charge is 2.37. The first kappa shape index (κ1) is 43.2. The monoisotopic (exact) mass is 725 g/mol. The molecule has 22 heteroatoms. The van der Waals surface area contributed by atoms with E-state index in [2.05, 4.69) is 15.0 Å². The summed E-state index contributed by atoms with van der Waals surface area (Å²) in [5.41, 5.74) is 5.23. The number of anilines is 1. The van der Waals surface area contributed by atoms with Crippen LogP contribution in [0.1, 0.15) is 48.5 Å². The number of fused-ring (bicyclic) bond motifs is 1. The minimum atomic E-state index is -3.98. The molecule has 21 nitrogen and oxygen atoms in total. The summed E-state index contributed by atoms with van der Waals surface area (Å²) in [7, 11) is -3.98. The van der Waals surface area contributed by atoms with E-state index in [1.165, 1.54) is 6.33 Å². The minimum absolute atomic E-state index is 0.253. The van der Waals surface area contributed by atoms with Gasteiger partial charge < -0.3 is 55.2 Å². The number of rotatable bonds is 16. The highest BCUT2D eigenvalue weighted by atomic mass is 31.2. The fourth-order valence-electron chi connectivity index (χ4n) is 3.11. The molecular formula is C27H44N5O16P. The standard InChI is InChI=1S/C21H34N5O8P.C6H10O8/c1-14(8-26-10-25-15-16(22)23-9-24-17(15)26)32-13-35(29,33-11-30-18(27)20(2,3)4)34-12-31-19(28)21(5,6)7;7-1(3(9)5(11)12)2(8)4(10)6(13)14/h9-10,14H,8,11-13H2,1-7H3,(H2,22,23,24);1-4,7-10H,(H,11,12)(H,13,14)/t14-;1-,2-,3-,4+/m10/s1. The third-order valence-electron chi connectivity index (χ3n) is 6.01. The van der Waals surface area contributed by atoms with E-state index < -0.39 is 92.8 Å². The van der Waals surface area contributed by atoms with Crippen molar-refractivity contribution < 1.29 is 77.6 Å². The van der Waals surface area contributed by atoms with E-state index >= 15 is 0 Å². The Kier molecular flexibility index (Phi) is 16.1. The van der Waals surface area contributed by atoms with Crippen molar-refractivity contribution >= 4 is 48.5 Å². The quantitative estimate of drug-likeness (QED) is 0.0663. The molecule has 49 heavy (non-hydrogen) atoms. The summed E-state index contributed by atoms with van der Waals surface area (Å²) < 4.78 is 41.2. The molecule has 0 unspecified atom stereocenters. The van der Waals surface area contributed by atoms with Crippen molar-refractivity contribution in [2.45, 2.75) is 85.5 Å². The van der Waals surface area contributed by atoms with Crippen LogP contribution in [-0.2, 0) is 53.5 Å². The number of nitrogens with two attached hydrogens (primary N) is 1. The maximum Gasteiger partial charge on any atom is 0.361 e. The highest BCUT2D eigenvalue weighted by Crippen LogP contribution is 2.48. The number of aromatic nitrogens is 4. The number of carbonyl (C=O) groups is 4. The number of carboxylic acid groups (broad SMARTS) is 2. The van der Waals surface area contributed by atoms with Crippen LogP contribution in [0.4, 0.5) is 5.82 Å². The van der Waals surface area contributed by atoms with Gasteiger partial charge in [-0.3, -0.25) is 23.2 Å². The minimum Gasteiger partial charge on any atom is -0.479 e. The van der Waals surface area contributed by atoms with Crippen molar-refractivity contribution in [3.8, 4) is 0 Å². The fraction of sp³-hybridized carbons (Fsp3) is 0.667. The molecule has 0 aliphatic rings. The lowest BCUT2D eigenvalue weighted by molar-refractivity contribution is -0.172. The van der Waals surface area contributed by atoms with Gasteiger partial charge in [-0.1, -0.05) is 0 Å². The number of hydrogen-bond donors (Lipinski definition) is 7. The van der Waals surface area contributed by atoms with Crippen molar-refractivity contribution in [3.63, 3.8) is 0 Å². The molecule has 0 aromatic carbocycles. The molecule has 0 spiro atoms. The summed E-state index contributed by atoms with van der Waals surface area (Å²) in [5.74, 6) is -4.53. The second kappa shape index (κ2) is 18.3. The summed E-state index contributed by atoms with van der Waals surface area (Å²) in [6, 6.07) is 0. The number of ether oxygens (including phenoxy) is 3. The molecule has 0 amide bonds. The summed E-state index contributed by atoms with van der Waals surface area (Å²) in [5, 5.41) is 51.5. The van der Waals surface area contributed by atoms with Crippen LogP contribution >= 0.6 is 7.60 Å². The Bertz CT molecular complexity index is 1410. The molecule has 0 radical (unpaired) electrons. The molecule has 0 fully saturated rings. The SMILES string of the molecule is C[C@H](Cn1cnc2c(N)ncnc21)OCP(=O)(OCOC(=O)C(C)(C)C)OCOC(=O)C(C)(C)C.O=C(O)[C@@H](O)[C@@H](O)[C@H](O)[C@@H](O)C(=O)O. The maximum atomic E-state index is 13.2. The normalized spacial score (nSPS) is 15.2. The van der Waals surface area contributed by atoms with Gasteiger partial charge in [-0.25, -0.2) is 24.5 Å². The van der Waals surface area contributed by atoms with Gasteiger partial charge in [-0.15, -0.1) is 0 Å². The molecule has 2 aromatic rings. The van der Waals surface area contributed by atoms with Crippen LogP contribution in [-0.4, -0.2) is 124 Å². The number of carbonyl (C=O) groups excluding carboxylic acids is 2. The first-order valence-electron chi connectivity index (χ1n) is 14.3. The van der Waals surface area contributed by atoms with Gasteiger partial charge in [0.25, 0.3) is 0 Å². The summed E-state index contributed by atoms with van der Waals surface area (Å²) >= 11 is 0. The van der Waals surface area contributed by atoms with Crippen LogP contribution in [0, 0.1) is 10.8 Å². The van der Waals surface area contributed by atoms with E-state index in [1.807, 2.05) is 0 Å². The van der Waals surface area contributed by atoms with Crippen LogP contribution in [0.25, 0.3) is 11.2 Å². The first-order chi connectivity index (χ1) is 22.4. The van der Waals surface area contributed by atoms with Gasteiger partial charge in [0.2, 0.25) is 13.6 Å². The molecule has 5 atom stereocenters. The number of hydrogen-bond acceptors (Lipinski definition) is 18. The van der Waals surface area contributed by atoms with Gasteiger partial charge in [0.1, 0.15) is 30.4 Å². The zero-order valence-corrected chi connectivity index (χ0v) is 28.8. The third-order valence-corrected chi connectivity index (χ3v) is 7.47. The van der Waals surface area contributed by atoms with Gasteiger partial charge in [0, 0.05) is 0 Å². The largest absolute Gasteiger partial charge is 0.479 e. The van der Waals surface area contributed by atoms with E-state index in [0.717, 1.165) is 0 Å². The highest BCUT2D eigenvalue weighted by molar-refractivity contribution is 7.53. The number of nitrogen functional groups attached to an aromatic ring is 1. The van der Waals surface area contributed by atoms with E-state index in [1.54, 1.807) is 59.4 Å². The lowest BCUT2D eigenvalue weighted by atomic mass is 9.98. The van der Waals surface area contributed by atoms with E-state index in [-0.39, 0.29) is 5.82 Å². The van der Waals surface area contributed by atoms with Crippen LogP contribution in [0.2, 0.25) is 0 Å². The summed E-state index contributed by atoms with van der Waals surface area (Å²) in [6.45, 7) is 10.8. The average molecular weight is 726 g/mol. The van der Waals surface area contributed by atoms with Crippen molar-refractivity contribution in [1.82, 2.24) is 19.5 Å². The summed E-state index contributed by atoms with van der Waals surface area (Å²) in [6.07, 6.45) is -7.39.